The molecule has 0 saturated carbocycles. The van der Waals surface area contributed by atoms with Crippen LogP contribution in [0.5, 0.6) is 5.75 Å². The van der Waals surface area contributed by atoms with E-state index < -0.39 is 5.91 Å². The Kier molecular flexibility index (Phi) is 4.34. The third-order valence-corrected chi connectivity index (χ3v) is 4.11. The van der Waals surface area contributed by atoms with E-state index in [4.69, 9.17) is 10.5 Å². The average molecular weight is 328 g/mol. The van der Waals surface area contributed by atoms with E-state index in [9.17, 15) is 9.18 Å². The minimum Gasteiger partial charge on any atom is -0.487 e. The number of nitrogens with two attached hydrogens (primary N) is 1. The molecule has 3 rings (SSSR count). The van der Waals surface area contributed by atoms with Gasteiger partial charge in [0, 0.05) is 16.5 Å². The molecule has 1 heterocycles. The van der Waals surface area contributed by atoms with E-state index in [2.05, 4.69) is 4.98 Å². The largest absolute Gasteiger partial charge is 0.487 e. The van der Waals surface area contributed by atoms with Gasteiger partial charge in [0.2, 0.25) is 5.91 Å². The number of rotatable bonds is 5. The van der Waals surface area contributed by atoms with E-state index in [0.717, 1.165) is 16.3 Å². The second-order valence-electron chi connectivity index (χ2n) is 4.83. The fourth-order valence-corrected chi connectivity index (χ4v) is 2.78. The van der Waals surface area contributed by atoms with Gasteiger partial charge in [-0.2, -0.15) is 0 Å². The Morgan fingerprint density at radius 2 is 1.83 bits per heavy atom. The van der Waals surface area contributed by atoms with Crippen molar-refractivity contribution in [3.63, 3.8) is 0 Å². The Labute approximate surface area is 136 Å². The van der Waals surface area contributed by atoms with Crippen LogP contribution in [0.4, 0.5) is 4.39 Å². The lowest BCUT2D eigenvalue weighted by atomic mass is 10.2. The quantitative estimate of drug-likeness (QED) is 0.778. The molecule has 0 fully saturated rings. The SMILES string of the molecule is NC(=O)c1ccc(OCc2csc(-c3ccc(F)cc3)n2)cc1. The number of carbonyl (C=O) groups excluding carboxylic acids is 1. The molecule has 0 aliphatic heterocycles. The summed E-state index contributed by atoms with van der Waals surface area (Å²) in [5, 5.41) is 2.71. The van der Waals surface area contributed by atoms with Crippen molar-refractivity contribution in [1.82, 2.24) is 4.98 Å². The summed E-state index contributed by atoms with van der Waals surface area (Å²) in [4.78, 5) is 15.5. The highest BCUT2D eigenvalue weighted by Crippen LogP contribution is 2.24. The number of hydrogen-bond donors (Lipinski definition) is 1. The smallest absolute Gasteiger partial charge is 0.248 e. The molecule has 0 spiro atoms. The zero-order valence-electron chi connectivity index (χ0n) is 12.0. The first-order valence-electron chi connectivity index (χ1n) is 6.85. The number of hydrogen-bond acceptors (Lipinski definition) is 4. The maximum atomic E-state index is 12.9. The summed E-state index contributed by atoms with van der Waals surface area (Å²) >= 11 is 1.48. The molecule has 0 aliphatic rings. The van der Waals surface area contributed by atoms with E-state index in [0.29, 0.717) is 17.9 Å². The van der Waals surface area contributed by atoms with Crippen molar-refractivity contribution in [1.29, 1.82) is 0 Å². The van der Waals surface area contributed by atoms with Gasteiger partial charge in [0.1, 0.15) is 23.2 Å². The summed E-state index contributed by atoms with van der Waals surface area (Å²) in [6.45, 7) is 0.313. The summed E-state index contributed by atoms with van der Waals surface area (Å²) in [5.74, 6) is -0.111. The minimum atomic E-state index is -0.472. The minimum absolute atomic E-state index is 0.270. The van der Waals surface area contributed by atoms with Gasteiger partial charge in [0.05, 0.1) is 5.69 Å². The normalized spacial score (nSPS) is 10.5. The van der Waals surface area contributed by atoms with Gasteiger partial charge >= 0.3 is 0 Å². The summed E-state index contributed by atoms with van der Waals surface area (Å²) in [7, 11) is 0. The van der Waals surface area contributed by atoms with Crippen molar-refractivity contribution >= 4 is 17.2 Å². The van der Waals surface area contributed by atoms with Crippen molar-refractivity contribution in [2.75, 3.05) is 0 Å². The van der Waals surface area contributed by atoms with Crippen molar-refractivity contribution in [3.05, 3.63) is 71.0 Å². The molecule has 2 N–H and O–H groups in total. The fraction of sp³-hybridized carbons (Fsp3) is 0.0588. The van der Waals surface area contributed by atoms with Crippen molar-refractivity contribution in [2.45, 2.75) is 6.61 Å². The summed E-state index contributed by atoms with van der Waals surface area (Å²) in [6, 6.07) is 12.8. The third-order valence-electron chi connectivity index (χ3n) is 3.17. The Hall–Kier alpha value is -2.73. The maximum Gasteiger partial charge on any atom is 0.248 e. The molecule has 1 amide bonds. The number of halogens is 1. The zero-order chi connectivity index (χ0) is 16.2. The molecule has 0 radical (unpaired) electrons. The fourth-order valence-electron chi connectivity index (χ4n) is 1.97. The Bertz CT molecular complexity index is 813. The van der Waals surface area contributed by atoms with Gasteiger partial charge in [-0.1, -0.05) is 0 Å². The lowest BCUT2D eigenvalue weighted by Gasteiger charge is -2.04. The van der Waals surface area contributed by atoms with Gasteiger partial charge in [0.15, 0.2) is 0 Å². The first-order valence-corrected chi connectivity index (χ1v) is 7.73. The zero-order valence-corrected chi connectivity index (χ0v) is 12.8. The van der Waals surface area contributed by atoms with Crippen LogP contribution in [0.1, 0.15) is 16.1 Å². The van der Waals surface area contributed by atoms with Crippen LogP contribution < -0.4 is 10.5 Å². The standard InChI is InChI=1S/C17H13FN2O2S/c18-13-5-1-12(2-6-13)17-20-14(10-23-17)9-22-15-7-3-11(4-8-15)16(19)21/h1-8,10H,9H2,(H2,19,21). The van der Waals surface area contributed by atoms with E-state index in [-0.39, 0.29) is 5.82 Å². The Morgan fingerprint density at radius 1 is 1.13 bits per heavy atom. The van der Waals surface area contributed by atoms with Gasteiger partial charge in [-0.25, -0.2) is 9.37 Å². The molecule has 0 saturated heterocycles. The average Bonchev–Trinajstić information content (AvgIpc) is 3.03. The molecule has 0 atom stereocenters. The molecule has 6 heteroatoms. The molecule has 1 aromatic heterocycles. The predicted octanol–water partition coefficient (Wildman–Crippen LogP) is 3.63. The number of thiazole rings is 1. The number of carbonyl (C=O) groups is 1. The number of aromatic nitrogens is 1. The monoisotopic (exact) mass is 328 g/mol. The number of benzene rings is 2. The highest BCUT2D eigenvalue weighted by atomic mass is 32.1. The molecule has 0 bridgehead atoms. The van der Waals surface area contributed by atoms with Crippen LogP contribution in [0.2, 0.25) is 0 Å². The first-order chi connectivity index (χ1) is 11.1. The van der Waals surface area contributed by atoms with Gasteiger partial charge in [-0.15, -0.1) is 11.3 Å². The molecule has 2 aromatic carbocycles. The molecular formula is C17H13FN2O2S. The van der Waals surface area contributed by atoms with Gasteiger partial charge in [-0.05, 0) is 48.5 Å². The summed E-state index contributed by atoms with van der Waals surface area (Å²) < 4.78 is 18.6. The second-order valence-corrected chi connectivity index (χ2v) is 5.69. The lowest BCUT2D eigenvalue weighted by molar-refractivity contribution is 0.1000. The van der Waals surface area contributed by atoms with Crippen LogP contribution >= 0.6 is 11.3 Å². The Morgan fingerprint density at radius 3 is 2.48 bits per heavy atom. The van der Waals surface area contributed by atoms with Crippen LogP contribution in [0.25, 0.3) is 10.6 Å². The van der Waals surface area contributed by atoms with Gasteiger partial charge in [-0.3, -0.25) is 4.79 Å². The highest BCUT2D eigenvalue weighted by Gasteiger charge is 2.06. The molecular weight excluding hydrogens is 315 g/mol. The van der Waals surface area contributed by atoms with Crippen LogP contribution in [0.3, 0.4) is 0 Å². The van der Waals surface area contributed by atoms with E-state index in [1.165, 1.54) is 23.5 Å². The number of primary amides is 1. The van der Waals surface area contributed by atoms with Crippen molar-refractivity contribution < 1.29 is 13.9 Å². The molecule has 116 valence electrons. The topological polar surface area (TPSA) is 65.2 Å². The molecule has 4 nitrogen and oxygen atoms in total. The predicted molar refractivity (Wildman–Crippen MR) is 86.8 cm³/mol. The summed E-state index contributed by atoms with van der Waals surface area (Å²) in [6.07, 6.45) is 0. The molecule has 23 heavy (non-hydrogen) atoms. The van der Waals surface area contributed by atoms with Gasteiger partial charge < -0.3 is 10.5 Å². The number of ether oxygens (including phenoxy) is 1. The molecule has 3 aromatic rings. The Balaban J connectivity index is 1.65. The van der Waals surface area contributed by atoms with E-state index >= 15 is 0 Å². The van der Waals surface area contributed by atoms with E-state index in [1.54, 1.807) is 36.4 Å². The number of nitrogens with zero attached hydrogens (tertiary/aromatic N) is 1. The molecule has 0 aliphatic carbocycles. The van der Waals surface area contributed by atoms with Crippen molar-refractivity contribution in [2.24, 2.45) is 5.73 Å². The third kappa shape index (κ3) is 3.73. The van der Waals surface area contributed by atoms with Crippen LogP contribution in [-0.2, 0) is 6.61 Å². The first kappa shape index (κ1) is 15.2. The molecule has 0 unspecified atom stereocenters. The second kappa shape index (κ2) is 6.58. The van der Waals surface area contributed by atoms with Crippen molar-refractivity contribution in [3.8, 4) is 16.3 Å². The lowest BCUT2D eigenvalue weighted by Crippen LogP contribution is -2.10. The summed E-state index contributed by atoms with van der Waals surface area (Å²) in [5.41, 5.74) is 7.27. The van der Waals surface area contributed by atoms with Crippen LogP contribution in [0.15, 0.2) is 53.9 Å². The van der Waals surface area contributed by atoms with E-state index in [1.807, 2.05) is 5.38 Å². The van der Waals surface area contributed by atoms with Crippen LogP contribution in [-0.4, -0.2) is 10.9 Å². The van der Waals surface area contributed by atoms with Gasteiger partial charge in [0.25, 0.3) is 0 Å². The van der Waals surface area contributed by atoms with Crippen LogP contribution in [0, 0.1) is 5.82 Å². The maximum absolute atomic E-state index is 12.9. The highest BCUT2D eigenvalue weighted by molar-refractivity contribution is 7.13. The number of amides is 1.